The molecule has 1 aromatic carbocycles. The van der Waals surface area contributed by atoms with Gasteiger partial charge >= 0.3 is 0 Å². The molecule has 7 nitrogen and oxygen atoms in total. The van der Waals surface area contributed by atoms with Crippen molar-refractivity contribution in [1.82, 2.24) is 24.6 Å². The van der Waals surface area contributed by atoms with Crippen molar-refractivity contribution in [3.05, 3.63) is 54.9 Å². The van der Waals surface area contributed by atoms with E-state index in [1.807, 2.05) is 46.0 Å². The molecule has 0 radical (unpaired) electrons. The third-order valence-electron chi connectivity index (χ3n) is 6.26. The minimum absolute atomic E-state index is 0.165. The van der Waals surface area contributed by atoms with Crippen LogP contribution >= 0.6 is 0 Å². The summed E-state index contributed by atoms with van der Waals surface area (Å²) < 4.78 is 7.52. The highest BCUT2D eigenvalue weighted by molar-refractivity contribution is 5.76. The number of likely N-dealkylation sites (tertiary alicyclic amines) is 1. The van der Waals surface area contributed by atoms with Gasteiger partial charge in [-0.15, -0.1) is 0 Å². The van der Waals surface area contributed by atoms with Gasteiger partial charge in [0.15, 0.2) is 5.82 Å². The van der Waals surface area contributed by atoms with E-state index in [9.17, 15) is 4.79 Å². The molecule has 5 rings (SSSR count). The van der Waals surface area contributed by atoms with E-state index in [0.717, 1.165) is 37.2 Å². The summed E-state index contributed by atoms with van der Waals surface area (Å²) >= 11 is 0. The molecular weight excluding hydrogens is 354 g/mol. The van der Waals surface area contributed by atoms with Crippen LogP contribution in [0.2, 0.25) is 0 Å². The Kier molecular flexibility index (Phi) is 4.22. The van der Waals surface area contributed by atoms with E-state index in [1.165, 1.54) is 0 Å². The van der Waals surface area contributed by atoms with Gasteiger partial charge in [0.25, 0.3) is 5.89 Å². The minimum atomic E-state index is -0.165. The fraction of sp³-hybridized carbons (Fsp3) is 0.429. The Bertz CT molecular complexity index is 952. The van der Waals surface area contributed by atoms with E-state index in [1.54, 1.807) is 12.5 Å². The Balaban J connectivity index is 1.34. The summed E-state index contributed by atoms with van der Waals surface area (Å²) in [5, 5.41) is 4.35. The SMILES string of the molecule is O=C(CCn1ccnc1)N1C[C@H]2CCC[C@@]2(c2noc(-c3ccccc3)n2)C1. The number of benzene rings is 1. The molecule has 2 fully saturated rings. The first kappa shape index (κ1) is 17.2. The number of hydrogen-bond donors (Lipinski definition) is 0. The van der Waals surface area contributed by atoms with E-state index in [-0.39, 0.29) is 11.3 Å². The standard InChI is InChI=1S/C21H23N5O2/c27-18(8-11-25-12-10-22-15-25)26-13-17-7-4-9-21(17,14-26)20-23-19(28-24-20)16-5-2-1-3-6-16/h1-3,5-6,10,12,15,17H,4,7-9,11,13-14H2/t17-,21-/m1/s1. The molecule has 0 bridgehead atoms. The van der Waals surface area contributed by atoms with Crippen molar-refractivity contribution < 1.29 is 9.32 Å². The van der Waals surface area contributed by atoms with Gasteiger partial charge in [0.2, 0.25) is 5.91 Å². The Morgan fingerprint density at radius 2 is 2.18 bits per heavy atom. The van der Waals surface area contributed by atoms with Crippen LogP contribution in [0.15, 0.2) is 53.6 Å². The number of carbonyl (C=O) groups excluding carboxylic acids is 1. The molecule has 144 valence electrons. The predicted molar refractivity (Wildman–Crippen MR) is 102 cm³/mol. The molecule has 2 aromatic heterocycles. The Morgan fingerprint density at radius 1 is 1.29 bits per heavy atom. The third-order valence-corrected chi connectivity index (χ3v) is 6.26. The second kappa shape index (κ2) is 6.89. The van der Waals surface area contributed by atoms with E-state index in [4.69, 9.17) is 9.51 Å². The smallest absolute Gasteiger partial charge is 0.257 e. The molecule has 3 aromatic rings. The Labute approximate surface area is 163 Å². The Morgan fingerprint density at radius 3 is 3.00 bits per heavy atom. The molecule has 7 heteroatoms. The van der Waals surface area contributed by atoms with E-state index >= 15 is 0 Å². The molecule has 1 amide bonds. The summed E-state index contributed by atoms with van der Waals surface area (Å²) in [5.74, 6) is 1.92. The van der Waals surface area contributed by atoms with Crippen LogP contribution in [0.5, 0.6) is 0 Å². The zero-order valence-corrected chi connectivity index (χ0v) is 15.7. The van der Waals surface area contributed by atoms with Gasteiger partial charge in [0.05, 0.1) is 11.7 Å². The van der Waals surface area contributed by atoms with Crippen molar-refractivity contribution in [1.29, 1.82) is 0 Å². The molecule has 0 unspecified atom stereocenters. The first-order valence-electron chi connectivity index (χ1n) is 9.88. The maximum atomic E-state index is 12.8. The zero-order chi connectivity index (χ0) is 19.0. The first-order chi connectivity index (χ1) is 13.7. The van der Waals surface area contributed by atoms with E-state index in [2.05, 4.69) is 10.1 Å². The van der Waals surface area contributed by atoms with Crippen LogP contribution in [0.25, 0.3) is 11.5 Å². The van der Waals surface area contributed by atoms with Crippen molar-refractivity contribution in [2.45, 2.75) is 37.6 Å². The van der Waals surface area contributed by atoms with Gasteiger partial charge in [-0.25, -0.2) is 4.98 Å². The van der Waals surface area contributed by atoms with Crippen molar-refractivity contribution in [3.8, 4) is 11.5 Å². The molecular formula is C21H23N5O2. The van der Waals surface area contributed by atoms with Crippen LogP contribution in [-0.4, -0.2) is 43.6 Å². The summed E-state index contributed by atoms with van der Waals surface area (Å²) in [6, 6.07) is 9.85. The summed E-state index contributed by atoms with van der Waals surface area (Å²) in [4.78, 5) is 23.6. The summed E-state index contributed by atoms with van der Waals surface area (Å²) in [5.41, 5.74) is 0.764. The van der Waals surface area contributed by atoms with Gasteiger partial charge in [-0.05, 0) is 30.9 Å². The predicted octanol–water partition coefficient (Wildman–Crippen LogP) is 2.90. The fourth-order valence-electron chi connectivity index (χ4n) is 4.77. The molecule has 1 saturated carbocycles. The van der Waals surface area contributed by atoms with Crippen LogP contribution in [0.3, 0.4) is 0 Å². The van der Waals surface area contributed by atoms with Crippen LogP contribution in [-0.2, 0) is 16.8 Å². The van der Waals surface area contributed by atoms with Gasteiger partial charge in [-0.3, -0.25) is 4.79 Å². The maximum Gasteiger partial charge on any atom is 0.257 e. The lowest BCUT2D eigenvalue weighted by atomic mass is 9.80. The molecule has 2 atom stereocenters. The first-order valence-corrected chi connectivity index (χ1v) is 9.88. The molecule has 0 N–H and O–H groups in total. The number of imidazole rings is 1. The summed E-state index contributed by atoms with van der Waals surface area (Å²) in [6.07, 6.45) is 9.13. The number of aromatic nitrogens is 4. The van der Waals surface area contributed by atoms with Crippen molar-refractivity contribution >= 4 is 5.91 Å². The average molecular weight is 377 g/mol. The number of amides is 1. The van der Waals surface area contributed by atoms with Crippen LogP contribution in [0.4, 0.5) is 0 Å². The fourth-order valence-corrected chi connectivity index (χ4v) is 4.77. The second-order valence-electron chi connectivity index (χ2n) is 7.86. The third kappa shape index (κ3) is 2.91. The van der Waals surface area contributed by atoms with Crippen LogP contribution in [0.1, 0.15) is 31.5 Å². The second-order valence-corrected chi connectivity index (χ2v) is 7.86. The maximum absolute atomic E-state index is 12.8. The van der Waals surface area contributed by atoms with Gasteiger partial charge in [-0.1, -0.05) is 29.8 Å². The highest BCUT2D eigenvalue weighted by Gasteiger charge is 2.54. The van der Waals surface area contributed by atoms with E-state index < -0.39 is 0 Å². The number of hydrogen-bond acceptors (Lipinski definition) is 5. The molecule has 0 spiro atoms. The van der Waals surface area contributed by atoms with Gasteiger partial charge in [-0.2, -0.15) is 4.98 Å². The van der Waals surface area contributed by atoms with Crippen LogP contribution < -0.4 is 0 Å². The van der Waals surface area contributed by atoms with E-state index in [0.29, 0.717) is 31.3 Å². The monoisotopic (exact) mass is 377 g/mol. The number of nitrogens with zero attached hydrogens (tertiary/aromatic N) is 5. The Hall–Kier alpha value is -2.96. The highest BCUT2D eigenvalue weighted by Crippen LogP contribution is 2.49. The molecule has 1 saturated heterocycles. The molecule has 28 heavy (non-hydrogen) atoms. The van der Waals surface area contributed by atoms with Crippen molar-refractivity contribution in [3.63, 3.8) is 0 Å². The summed E-state index contributed by atoms with van der Waals surface area (Å²) in [7, 11) is 0. The quantitative estimate of drug-likeness (QED) is 0.683. The number of aryl methyl sites for hydroxylation is 1. The summed E-state index contributed by atoms with van der Waals surface area (Å²) in [6.45, 7) is 2.14. The largest absolute Gasteiger partial charge is 0.341 e. The lowest BCUT2D eigenvalue weighted by molar-refractivity contribution is -0.130. The highest BCUT2D eigenvalue weighted by atomic mass is 16.5. The minimum Gasteiger partial charge on any atom is -0.341 e. The number of fused-ring (bicyclic) bond motifs is 1. The van der Waals surface area contributed by atoms with Gasteiger partial charge in [0, 0.05) is 44.0 Å². The number of carbonyl (C=O) groups is 1. The topological polar surface area (TPSA) is 77.0 Å². The lowest BCUT2D eigenvalue weighted by Crippen LogP contribution is -2.35. The molecule has 1 aliphatic carbocycles. The van der Waals surface area contributed by atoms with Gasteiger partial charge < -0.3 is 14.0 Å². The zero-order valence-electron chi connectivity index (χ0n) is 15.7. The van der Waals surface area contributed by atoms with Crippen molar-refractivity contribution in [2.75, 3.05) is 13.1 Å². The van der Waals surface area contributed by atoms with Crippen LogP contribution in [0, 0.1) is 5.92 Å². The number of rotatable bonds is 5. The molecule has 2 aliphatic rings. The van der Waals surface area contributed by atoms with Crippen molar-refractivity contribution in [2.24, 2.45) is 5.92 Å². The lowest BCUT2D eigenvalue weighted by Gasteiger charge is -2.24. The average Bonchev–Trinajstić information content (AvgIpc) is 3.50. The van der Waals surface area contributed by atoms with Gasteiger partial charge in [0.1, 0.15) is 0 Å². The molecule has 1 aliphatic heterocycles. The normalized spacial score (nSPS) is 23.9. The molecule has 3 heterocycles.